The second-order valence-corrected chi connectivity index (χ2v) is 8.16. The Morgan fingerprint density at radius 2 is 1.96 bits per heavy atom. The number of amides is 1. The van der Waals surface area contributed by atoms with E-state index in [4.69, 9.17) is 35.4 Å². The number of thioether (sulfide) groups is 1. The van der Waals surface area contributed by atoms with Gasteiger partial charge in [-0.2, -0.15) is 0 Å². The van der Waals surface area contributed by atoms with E-state index in [1.807, 2.05) is 0 Å². The van der Waals surface area contributed by atoms with Crippen LogP contribution in [0.4, 0.5) is 10.1 Å². The lowest BCUT2D eigenvalue weighted by Gasteiger charge is -2.16. The van der Waals surface area contributed by atoms with Crippen LogP contribution in [0.15, 0.2) is 45.8 Å². The molecule has 0 atom stereocenters. The maximum Gasteiger partial charge on any atom is 0.270 e. The van der Waals surface area contributed by atoms with Crippen LogP contribution in [0.3, 0.4) is 0 Å². The second kappa shape index (κ2) is 7.14. The first-order valence-electron chi connectivity index (χ1n) is 6.55. The number of rotatable bonds is 2. The average molecular weight is 463 g/mol. The number of hydrogen-bond acceptors (Lipinski definition) is 3. The molecule has 1 fully saturated rings. The molecule has 1 saturated heterocycles. The highest BCUT2D eigenvalue weighted by atomic mass is 79.9. The van der Waals surface area contributed by atoms with Crippen LogP contribution in [-0.4, -0.2) is 10.2 Å². The maximum absolute atomic E-state index is 13.3. The van der Waals surface area contributed by atoms with Crippen molar-refractivity contribution in [3.05, 3.63) is 67.2 Å². The molecule has 8 heteroatoms. The Morgan fingerprint density at radius 1 is 1.21 bits per heavy atom. The molecule has 0 unspecified atom stereocenters. The van der Waals surface area contributed by atoms with Crippen LogP contribution >= 0.6 is 63.1 Å². The topological polar surface area (TPSA) is 20.3 Å². The molecule has 0 saturated carbocycles. The first kappa shape index (κ1) is 17.9. The van der Waals surface area contributed by atoms with Crippen LogP contribution in [0.2, 0.25) is 10.0 Å². The molecule has 0 N–H and O–H groups in total. The standard InChI is InChI=1S/C16H7BrCl2FNOS2/c17-10-5-8(1-3-12(10)20)6-14-15(22)21(16(23)24-14)13-4-2-9(18)7-11(13)19/h1-7H/b14-6-. The van der Waals surface area contributed by atoms with E-state index >= 15 is 0 Å². The number of benzene rings is 2. The summed E-state index contributed by atoms with van der Waals surface area (Å²) in [4.78, 5) is 14.5. The highest BCUT2D eigenvalue weighted by molar-refractivity contribution is 9.10. The van der Waals surface area contributed by atoms with Crippen molar-refractivity contribution in [2.75, 3.05) is 4.90 Å². The SMILES string of the molecule is O=C1/C(=C/c2ccc(F)c(Br)c2)SC(=S)N1c1ccc(Cl)cc1Cl. The van der Waals surface area contributed by atoms with Crippen molar-refractivity contribution >= 4 is 85.1 Å². The first-order valence-corrected chi connectivity index (χ1v) is 9.32. The fourth-order valence-corrected chi connectivity index (χ4v) is 4.27. The van der Waals surface area contributed by atoms with E-state index in [1.165, 1.54) is 11.0 Å². The third-order valence-corrected chi connectivity index (χ3v) is 5.63. The molecule has 2 aromatic carbocycles. The van der Waals surface area contributed by atoms with Gasteiger partial charge in [-0.15, -0.1) is 0 Å². The number of nitrogens with zero attached hydrogens (tertiary/aromatic N) is 1. The summed E-state index contributed by atoms with van der Waals surface area (Å²) in [5.41, 5.74) is 1.17. The number of thiocarbonyl (C=S) groups is 1. The molecule has 0 bridgehead atoms. The third kappa shape index (κ3) is 3.53. The van der Waals surface area contributed by atoms with E-state index in [2.05, 4.69) is 15.9 Å². The summed E-state index contributed by atoms with van der Waals surface area (Å²) in [5, 5.41) is 0.811. The molecule has 1 heterocycles. The van der Waals surface area contributed by atoms with Gasteiger partial charge in [-0.3, -0.25) is 9.69 Å². The molecule has 0 aromatic heterocycles. The molecule has 0 aliphatic carbocycles. The minimum Gasteiger partial charge on any atom is -0.268 e. The third-order valence-electron chi connectivity index (χ3n) is 3.19. The summed E-state index contributed by atoms with van der Waals surface area (Å²) >= 11 is 21.6. The highest BCUT2D eigenvalue weighted by Gasteiger charge is 2.34. The van der Waals surface area contributed by atoms with E-state index in [0.717, 1.165) is 11.8 Å². The van der Waals surface area contributed by atoms with E-state index in [1.54, 1.807) is 36.4 Å². The van der Waals surface area contributed by atoms with Gasteiger partial charge in [-0.25, -0.2) is 4.39 Å². The Hall–Kier alpha value is -0.920. The quantitative estimate of drug-likeness (QED) is 0.385. The van der Waals surface area contributed by atoms with Crippen molar-refractivity contribution < 1.29 is 9.18 Å². The van der Waals surface area contributed by atoms with E-state index < -0.39 is 0 Å². The van der Waals surface area contributed by atoms with Crippen LogP contribution in [0, 0.1) is 5.82 Å². The molecule has 2 nitrogen and oxygen atoms in total. The molecule has 0 radical (unpaired) electrons. The largest absolute Gasteiger partial charge is 0.270 e. The number of carbonyl (C=O) groups excluding carboxylic acids is 1. The molecular formula is C16H7BrCl2FNOS2. The van der Waals surface area contributed by atoms with Gasteiger partial charge >= 0.3 is 0 Å². The molecule has 1 amide bonds. The van der Waals surface area contributed by atoms with Crippen molar-refractivity contribution in [2.24, 2.45) is 0 Å². The summed E-state index contributed by atoms with van der Waals surface area (Å²) in [6, 6.07) is 9.35. The van der Waals surface area contributed by atoms with Gasteiger partial charge in [0.2, 0.25) is 0 Å². The lowest BCUT2D eigenvalue weighted by molar-refractivity contribution is -0.113. The smallest absolute Gasteiger partial charge is 0.268 e. The summed E-state index contributed by atoms with van der Waals surface area (Å²) < 4.78 is 14.0. The molecule has 1 aliphatic heterocycles. The van der Waals surface area contributed by atoms with Gasteiger partial charge in [0, 0.05) is 5.02 Å². The predicted molar refractivity (Wildman–Crippen MR) is 106 cm³/mol. The van der Waals surface area contributed by atoms with Gasteiger partial charge in [0.1, 0.15) is 5.82 Å². The Balaban J connectivity index is 1.96. The zero-order chi connectivity index (χ0) is 17.4. The first-order chi connectivity index (χ1) is 11.4. The van der Waals surface area contributed by atoms with Crippen molar-refractivity contribution in [3.63, 3.8) is 0 Å². The number of hydrogen-bond donors (Lipinski definition) is 0. The zero-order valence-electron chi connectivity index (χ0n) is 11.7. The molecule has 2 aromatic rings. The van der Waals surface area contributed by atoms with Crippen LogP contribution in [0.1, 0.15) is 5.56 Å². The Labute approximate surface area is 165 Å². The molecule has 122 valence electrons. The fraction of sp³-hybridized carbons (Fsp3) is 0. The normalized spacial score (nSPS) is 16.3. The van der Waals surface area contributed by atoms with E-state index in [9.17, 15) is 9.18 Å². The zero-order valence-corrected chi connectivity index (χ0v) is 16.5. The molecule has 0 spiro atoms. The summed E-state index contributed by atoms with van der Waals surface area (Å²) in [7, 11) is 0. The van der Waals surface area contributed by atoms with Crippen molar-refractivity contribution in [1.29, 1.82) is 0 Å². The van der Waals surface area contributed by atoms with Crippen LogP contribution < -0.4 is 4.90 Å². The van der Waals surface area contributed by atoms with Gasteiger partial charge in [-0.1, -0.05) is 53.2 Å². The van der Waals surface area contributed by atoms with Crippen molar-refractivity contribution in [2.45, 2.75) is 0 Å². The minimum absolute atomic E-state index is 0.283. The summed E-state index contributed by atoms with van der Waals surface area (Å²) in [5.74, 6) is -0.651. The molecule has 3 rings (SSSR count). The van der Waals surface area contributed by atoms with Gasteiger partial charge in [0.25, 0.3) is 5.91 Å². The van der Waals surface area contributed by atoms with Crippen LogP contribution in [-0.2, 0) is 4.79 Å². The highest BCUT2D eigenvalue weighted by Crippen LogP contribution is 2.39. The Bertz CT molecular complexity index is 904. The number of carbonyl (C=O) groups is 1. The average Bonchev–Trinajstić information content (AvgIpc) is 2.78. The molecular weight excluding hydrogens is 456 g/mol. The van der Waals surface area contributed by atoms with E-state index in [-0.39, 0.29) is 11.7 Å². The number of halogens is 4. The van der Waals surface area contributed by atoms with Gasteiger partial charge < -0.3 is 0 Å². The Kier molecular flexibility index (Phi) is 5.32. The minimum atomic E-state index is -0.368. The molecule has 1 aliphatic rings. The van der Waals surface area contributed by atoms with Crippen molar-refractivity contribution in [3.8, 4) is 0 Å². The number of anilines is 1. The lowest BCUT2D eigenvalue weighted by Crippen LogP contribution is -2.27. The van der Waals surface area contributed by atoms with Crippen LogP contribution in [0.25, 0.3) is 6.08 Å². The van der Waals surface area contributed by atoms with Crippen molar-refractivity contribution in [1.82, 2.24) is 0 Å². The lowest BCUT2D eigenvalue weighted by atomic mass is 10.2. The van der Waals surface area contributed by atoms with Gasteiger partial charge in [-0.05, 0) is 57.9 Å². The van der Waals surface area contributed by atoms with Gasteiger partial charge in [0.05, 0.1) is 20.1 Å². The monoisotopic (exact) mass is 461 g/mol. The summed E-state index contributed by atoms with van der Waals surface area (Å²) in [6.07, 6.45) is 1.66. The fourth-order valence-electron chi connectivity index (χ4n) is 2.09. The van der Waals surface area contributed by atoms with Gasteiger partial charge in [0.15, 0.2) is 4.32 Å². The molecule has 24 heavy (non-hydrogen) atoms. The second-order valence-electron chi connectivity index (χ2n) is 4.79. The van der Waals surface area contributed by atoms with E-state index in [0.29, 0.717) is 35.0 Å². The summed E-state index contributed by atoms with van der Waals surface area (Å²) in [6.45, 7) is 0. The van der Waals surface area contributed by atoms with Crippen LogP contribution in [0.5, 0.6) is 0 Å². The maximum atomic E-state index is 13.3. The predicted octanol–water partition coefficient (Wildman–Crippen LogP) is 6.30. The Morgan fingerprint density at radius 3 is 2.62 bits per heavy atom.